The van der Waals surface area contributed by atoms with Gasteiger partial charge in [-0.15, -0.1) is 0 Å². The van der Waals surface area contributed by atoms with E-state index in [1.54, 1.807) is 25.3 Å². The van der Waals surface area contributed by atoms with Crippen LogP contribution in [0.25, 0.3) is 16.0 Å². The fourth-order valence-corrected chi connectivity index (χ4v) is 5.42. The summed E-state index contributed by atoms with van der Waals surface area (Å²) in [7, 11) is 1.59. The Morgan fingerprint density at radius 1 is 1.03 bits per heavy atom. The predicted molar refractivity (Wildman–Crippen MR) is 143 cm³/mol. The van der Waals surface area contributed by atoms with E-state index in [1.165, 1.54) is 16.2 Å². The summed E-state index contributed by atoms with van der Waals surface area (Å²) in [6, 6.07) is 19.7. The highest BCUT2D eigenvalue weighted by Crippen LogP contribution is 2.44. The number of nitrogens with zero attached hydrogens (tertiary/aromatic N) is 2. The summed E-state index contributed by atoms with van der Waals surface area (Å²) in [6.07, 6.45) is 0. The molecule has 36 heavy (non-hydrogen) atoms. The maximum absolute atomic E-state index is 13.4. The molecule has 5 rings (SSSR count). The summed E-state index contributed by atoms with van der Waals surface area (Å²) in [4.78, 5) is 32.9. The highest BCUT2D eigenvalue weighted by molar-refractivity contribution is 7.22. The average Bonchev–Trinajstić information content (AvgIpc) is 3.41. The molecule has 182 valence electrons. The minimum absolute atomic E-state index is 0.0537. The summed E-state index contributed by atoms with van der Waals surface area (Å²) in [5.74, 6) is -0.635. The summed E-state index contributed by atoms with van der Waals surface area (Å²) in [5.41, 5.74) is 4.13. The highest BCUT2D eigenvalue weighted by atomic mass is 32.1. The Kier molecular flexibility index (Phi) is 6.10. The Labute approximate surface area is 213 Å². The van der Waals surface area contributed by atoms with Crippen molar-refractivity contribution < 1.29 is 19.4 Å². The van der Waals surface area contributed by atoms with Gasteiger partial charge in [-0.05, 0) is 42.2 Å². The molecule has 2 heterocycles. The zero-order valence-electron chi connectivity index (χ0n) is 20.5. The van der Waals surface area contributed by atoms with Gasteiger partial charge in [-0.2, -0.15) is 0 Å². The van der Waals surface area contributed by atoms with Crippen molar-refractivity contribution in [3.05, 3.63) is 94.6 Å². The van der Waals surface area contributed by atoms with Crippen molar-refractivity contribution in [2.24, 2.45) is 0 Å². The first-order valence-corrected chi connectivity index (χ1v) is 12.5. The van der Waals surface area contributed by atoms with Crippen LogP contribution < -0.4 is 9.64 Å². The molecule has 0 radical (unpaired) electrons. The zero-order chi connectivity index (χ0) is 25.6. The number of aromatic nitrogens is 1. The van der Waals surface area contributed by atoms with Crippen LogP contribution in [0.1, 0.15) is 48.1 Å². The molecule has 6 nitrogen and oxygen atoms in total. The Balaban J connectivity index is 1.70. The molecule has 1 saturated heterocycles. The second-order valence-corrected chi connectivity index (χ2v) is 10.2. The number of Topliss-reactive ketones (excluding diaryl/α,β-unsaturated/α-hetero) is 1. The molecule has 3 aromatic carbocycles. The molecule has 1 atom stereocenters. The number of rotatable bonds is 5. The first-order chi connectivity index (χ1) is 17.3. The molecule has 1 aliphatic heterocycles. The van der Waals surface area contributed by atoms with Crippen LogP contribution in [0.3, 0.4) is 0 Å². The van der Waals surface area contributed by atoms with Crippen molar-refractivity contribution in [3.8, 4) is 5.75 Å². The van der Waals surface area contributed by atoms with Crippen molar-refractivity contribution in [3.63, 3.8) is 0 Å². The summed E-state index contributed by atoms with van der Waals surface area (Å²) < 4.78 is 6.16. The smallest absolute Gasteiger partial charge is 0.301 e. The lowest BCUT2D eigenvalue weighted by molar-refractivity contribution is -0.132. The van der Waals surface area contributed by atoms with E-state index in [1.807, 2.05) is 55.5 Å². The molecule has 0 aliphatic carbocycles. The van der Waals surface area contributed by atoms with E-state index in [9.17, 15) is 14.7 Å². The Bertz CT molecular complexity index is 1500. The number of hydrogen-bond acceptors (Lipinski definition) is 6. The second-order valence-electron chi connectivity index (χ2n) is 9.19. The summed E-state index contributed by atoms with van der Waals surface area (Å²) in [5, 5.41) is 11.7. The van der Waals surface area contributed by atoms with Crippen LogP contribution in [0.15, 0.2) is 72.3 Å². The Morgan fingerprint density at radius 2 is 1.72 bits per heavy atom. The number of aliphatic hydroxyl groups is 1. The maximum Gasteiger partial charge on any atom is 0.301 e. The maximum atomic E-state index is 13.4. The van der Waals surface area contributed by atoms with Crippen LogP contribution in [0, 0.1) is 6.92 Å². The minimum atomic E-state index is -0.810. The number of methoxy groups -OCH3 is 1. The Hall–Kier alpha value is -3.97. The lowest BCUT2D eigenvalue weighted by Gasteiger charge is -2.23. The molecular weight excluding hydrogens is 472 g/mol. The second kappa shape index (κ2) is 9.24. The zero-order valence-corrected chi connectivity index (χ0v) is 21.3. The van der Waals surface area contributed by atoms with Gasteiger partial charge in [-0.1, -0.05) is 79.3 Å². The predicted octanol–water partition coefficient (Wildman–Crippen LogP) is 6.36. The standard InChI is InChI=1S/C29H26N2O4S/c1-16(2)18-9-11-19(12-10-18)25-24(26(32)20-7-5-17(3)6-8-20)27(33)28(34)31(25)29-30-22-14-13-21(35-4)15-23(22)36-29/h5-16,25,32H,1-4H3/b26-24+/t25-/m0/s1. The number of carbonyl (C=O) groups is 2. The highest BCUT2D eigenvalue weighted by Gasteiger charge is 2.48. The van der Waals surface area contributed by atoms with Gasteiger partial charge in [0.2, 0.25) is 0 Å². The molecule has 1 aromatic heterocycles. The molecule has 0 spiro atoms. The number of amides is 1. The molecule has 1 amide bonds. The first kappa shape index (κ1) is 23.8. The van der Waals surface area contributed by atoms with Gasteiger partial charge in [0.1, 0.15) is 11.5 Å². The fourth-order valence-electron chi connectivity index (χ4n) is 4.40. The summed E-state index contributed by atoms with van der Waals surface area (Å²) >= 11 is 1.31. The number of carbonyl (C=O) groups excluding carboxylic acids is 2. The van der Waals surface area contributed by atoms with Crippen LogP contribution in [-0.2, 0) is 9.59 Å². The molecule has 7 heteroatoms. The average molecular weight is 499 g/mol. The lowest BCUT2D eigenvalue weighted by atomic mass is 9.93. The summed E-state index contributed by atoms with van der Waals surface area (Å²) in [6.45, 7) is 6.16. The van der Waals surface area contributed by atoms with Crippen LogP contribution in [0.4, 0.5) is 5.13 Å². The Morgan fingerprint density at radius 3 is 2.36 bits per heavy atom. The molecule has 1 fully saturated rings. The van der Waals surface area contributed by atoms with Crippen LogP contribution in [0.5, 0.6) is 5.75 Å². The van der Waals surface area contributed by atoms with E-state index >= 15 is 0 Å². The number of thiazole rings is 1. The van der Waals surface area contributed by atoms with E-state index in [0.29, 0.717) is 27.9 Å². The van der Waals surface area contributed by atoms with Crippen molar-refractivity contribution >= 4 is 44.1 Å². The molecule has 0 unspecified atom stereocenters. The van der Waals surface area contributed by atoms with Crippen molar-refractivity contribution in [1.82, 2.24) is 4.98 Å². The van der Waals surface area contributed by atoms with Crippen molar-refractivity contribution in [2.45, 2.75) is 32.7 Å². The largest absolute Gasteiger partial charge is 0.507 e. The van der Waals surface area contributed by atoms with Crippen LogP contribution >= 0.6 is 11.3 Å². The van der Waals surface area contributed by atoms with Crippen molar-refractivity contribution in [1.29, 1.82) is 0 Å². The lowest BCUT2D eigenvalue weighted by Crippen LogP contribution is -2.29. The van der Waals surface area contributed by atoms with E-state index in [2.05, 4.69) is 18.8 Å². The molecule has 1 N–H and O–H groups in total. The topological polar surface area (TPSA) is 79.7 Å². The van der Waals surface area contributed by atoms with Crippen LogP contribution in [0.2, 0.25) is 0 Å². The molecule has 0 bridgehead atoms. The third-order valence-corrected chi connectivity index (χ3v) is 7.50. The first-order valence-electron chi connectivity index (χ1n) is 11.7. The van der Waals surface area contributed by atoms with E-state index in [-0.39, 0.29) is 11.3 Å². The number of fused-ring (bicyclic) bond motifs is 1. The number of hydrogen-bond donors (Lipinski definition) is 1. The van der Waals surface area contributed by atoms with Gasteiger partial charge in [0.15, 0.2) is 5.13 Å². The molecular formula is C29H26N2O4S. The van der Waals surface area contributed by atoms with E-state index in [0.717, 1.165) is 21.4 Å². The van der Waals surface area contributed by atoms with Gasteiger partial charge in [0, 0.05) is 5.56 Å². The van der Waals surface area contributed by atoms with Gasteiger partial charge in [-0.3, -0.25) is 14.5 Å². The molecule has 4 aromatic rings. The molecule has 0 saturated carbocycles. The minimum Gasteiger partial charge on any atom is -0.507 e. The van der Waals surface area contributed by atoms with Gasteiger partial charge in [-0.25, -0.2) is 4.98 Å². The third kappa shape index (κ3) is 4.05. The van der Waals surface area contributed by atoms with Crippen molar-refractivity contribution in [2.75, 3.05) is 12.0 Å². The SMILES string of the molecule is COc1ccc2nc(N3C(=O)C(=O)/C(=C(/O)c4ccc(C)cc4)[C@@H]3c3ccc(C(C)C)cc3)sc2c1. The van der Waals surface area contributed by atoms with Crippen LogP contribution in [-0.4, -0.2) is 28.9 Å². The number of ketones is 1. The normalized spacial score (nSPS) is 17.4. The quantitative estimate of drug-likeness (QED) is 0.197. The molecule has 1 aliphatic rings. The number of ether oxygens (including phenoxy) is 1. The van der Waals surface area contributed by atoms with Gasteiger partial charge in [0.05, 0.1) is 28.9 Å². The van der Waals surface area contributed by atoms with Gasteiger partial charge >= 0.3 is 5.91 Å². The van der Waals surface area contributed by atoms with E-state index < -0.39 is 17.7 Å². The number of benzene rings is 3. The van der Waals surface area contributed by atoms with E-state index in [4.69, 9.17) is 4.74 Å². The third-order valence-electron chi connectivity index (χ3n) is 6.48. The number of aliphatic hydroxyl groups excluding tert-OH is 1. The number of aryl methyl sites for hydroxylation is 1. The fraction of sp³-hybridized carbons (Fsp3) is 0.207. The van der Waals surface area contributed by atoms with Gasteiger partial charge < -0.3 is 9.84 Å². The van der Waals surface area contributed by atoms with Gasteiger partial charge in [0.25, 0.3) is 5.78 Å². The monoisotopic (exact) mass is 498 g/mol. The number of anilines is 1.